The Labute approximate surface area is 88.6 Å². The van der Waals surface area contributed by atoms with Gasteiger partial charge in [-0.05, 0) is 23.6 Å². The van der Waals surface area contributed by atoms with Crippen molar-refractivity contribution in [3.63, 3.8) is 0 Å². The van der Waals surface area contributed by atoms with Crippen molar-refractivity contribution in [2.75, 3.05) is 0 Å². The fourth-order valence-corrected chi connectivity index (χ4v) is 0. The molecule has 0 spiro atoms. The molecule has 0 saturated carbocycles. The van der Waals surface area contributed by atoms with E-state index in [1.807, 2.05) is 0 Å². The zero-order valence-electron chi connectivity index (χ0n) is 4.19. The predicted molar refractivity (Wildman–Crippen MR) is 59.6 cm³/mol. The second kappa shape index (κ2) is 5.98. The van der Waals surface area contributed by atoms with Crippen LogP contribution in [0, 0.1) is 0 Å². The average Bonchev–Trinajstić information content (AvgIpc) is 1.12. The molecule has 10 heteroatoms. The van der Waals surface area contributed by atoms with Crippen molar-refractivity contribution in [3.8, 4) is 0 Å². The summed E-state index contributed by atoms with van der Waals surface area (Å²) in [6.45, 7) is 0. The monoisotopic (exact) mass is 298 g/mol. The first-order valence-electron chi connectivity index (χ1n) is 1.47. The van der Waals surface area contributed by atoms with Crippen LogP contribution in [0.5, 0.6) is 0 Å². The fourth-order valence-electron chi connectivity index (χ4n) is 0. The average molecular weight is 300 g/mol. The highest BCUT2D eigenvalue weighted by atomic mass is 36.1. The van der Waals surface area contributed by atoms with E-state index in [4.69, 9.17) is 43.5 Å². The van der Waals surface area contributed by atoms with Gasteiger partial charge in [-0.1, -0.05) is 46.0 Å². The molecule has 2 N–H and O–H groups in total. The van der Waals surface area contributed by atoms with Crippen LogP contribution >= 0.6 is 55.8 Å². The van der Waals surface area contributed by atoms with Crippen molar-refractivity contribution in [2.45, 2.75) is 0 Å². The van der Waals surface area contributed by atoms with E-state index in [0.29, 0.717) is 0 Å². The van der Waals surface area contributed by atoms with E-state index in [1.54, 1.807) is 0 Å². The minimum atomic E-state index is -3.11. The zero-order chi connectivity index (χ0) is 9.00. The van der Waals surface area contributed by atoms with Gasteiger partial charge in [0.1, 0.15) is 0 Å². The quantitative estimate of drug-likeness (QED) is 0.475. The van der Waals surface area contributed by atoms with Crippen LogP contribution in [0.3, 0.4) is 0 Å². The minimum absolute atomic E-state index is 2.39. The van der Waals surface area contributed by atoms with Gasteiger partial charge in [-0.25, -0.2) is 0 Å². The van der Waals surface area contributed by atoms with Gasteiger partial charge in [0.25, 0.3) is 0 Å². The lowest BCUT2D eigenvalue weighted by Crippen LogP contribution is -1.53. The first kappa shape index (κ1) is 14.9. The molecule has 0 bridgehead atoms. The third kappa shape index (κ3) is 156. The molecule has 0 aliphatic rings. The maximum atomic E-state index is 7.87. The van der Waals surface area contributed by atoms with Crippen LogP contribution in [-0.4, -0.2) is 9.79 Å². The van der Waals surface area contributed by atoms with Crippen molar-refractivity contribution in [2.24, 2.45) is 0 Å². The molecule has 0 heterocycles. The first-order chi connectivity index (χ1) is 4.00. The smallest absolute Gasteiger partial charge is 0.239 e. The second-order valence-corrected chi connectivity index (χ2v) is 16.3. The molecule has 0 aromatic rings. The Balaban J connectivity index is 0. The van der Waals surface area contributed by atoms with Crippen LogP contribution in [0.4, 0.5) is 0 Å². The molecule has 0 atom stereocenters. The van der Waals surface area contributed by atoms with Gasteiger partial charge in [-0.2, -0.15) is 0 Å². The maximum Gasteiger partial charge on any atom is 0.239 e. The topological polar surface area (TPSA) is 40.5 Å². The highest BCUT2D eigenvalue weighted by Crippen LogP contribution is 2.61. The van der Waals surface area contributed by atoms with Crippen LogP contribution in [0.25, 0.3) is 0 Å². The van der Waals surface area contributed by atoms with Crippen molar-refractivity contribution in [1.29, 1.82) is 0 Å². The van der Waals surface area contributed by atoms with E-state index >= 15 is 0 Å². The second-order valence-electron chi connectivity index (χ2n) is 0.912. The lowest BCUT2D eigenvalue weighted by atomic mass is 15.9. The molecule has 0 unspecified atom stereocenters. The van der Waals surface area contributed by atoms with Gasteiger partial charge in [0, 0.05) is 0 Å². The Morgan fingerprint density at radius 1 is 1.10 bits per heavy atom. The Kier molecular flexibility index (Phi) is 8.93. The van der Waals surface area contributed by atoms with Crippen LogP contribution in [0.1, 0.15) is 0 Å². The van der Waals surface area contributed by atoms with Crippen molar-refractivity contribution < 1.29 is 9.79 Å². The molecule has 0 aromatic heterocycles. The van der Waals surface area contributed by atoms with Gasteiger partial charge in [0.15, 0.2) is 0 Å². The predicted octanol–water partition coefficient (Wildman–Crippen LogP) is 3.05. The largest absolute Gasteiger partial charge is 0.338 e. The van der Waals surface area contributed by atoms with Crippen LogP contribution in [0.15, 0.2) is 0 Å². The molecule has 0 amide bonds. The summed E-state index contributed by atoms with van der Waals surface area (Å²) >= 11 is 26.3. The summed E-state index contributed by atoms with van der Waals surface area (Å²) in [7, 11) is 0. The van der Waals surface area contributed by atoms with E-state index in [1.165, 1.54) is 0 Å². The van der Waals surface area contributed by atoms with E-state index in [-0.39, 0.29) is 0 Å². The van der Waals surface area contributed by atoms with Crippen molar-refractivity contribution >= 4 is 79.4 Å². The zero-order valence-corrected chi connectivity index (χ0v) is 10.8. The van der Waals surface area contributed by atoms with Gasteiger partial charge >= 0.3 is 0 Å². The fraction of sp³-hybridized carbons (Fsp3) is 0. The number of hydrogen-bond donors (Lipinski definition) is 3. The highest BCUT2D eigenvalue weighted by molar-refractivity contribution is 8.59. The van der Waals surface area contributed by atoms with E-state index < -0.39 is 9.79 Å². The molecule has 0 aliphatic heterocycles. The molecule has 0 radical (unpaired) electrons. The summed E-state index contributed by atoms with van der Waals surface area (Å²) in [6.07, 6.45) is 0. The summed E-state index contributed by atoms with van der Waals surface area (Å²) in [5.41, 5.74) is -3.11. The third-order valence-electron chi connectivity index (χ3n) is 0. The molecule has 0 aromatic carbocycles. The Morgan fingerprint density at radius 3 is 1.10 bits per heavy atom. The number of hydrogen-bond acceptors (Lipinski definition) is 2. The van der Waals surface area contributed by atoms with E-state index in [2.05, 4.69) is 35.9 Å². The van der Waals surface area contributed by atoms with E-state index in [9.17, 15) is 0 Å². The van der Waals surface area contributed by atoms with Crippen LogP contribution < -0.4 is 0 Å². The van der Waals surface area contributed by atoms with Gasteiger partial charge in [0.05, 0.1) is 0 Å². The summed E-state index contributed by atoms with van der Waals surface area (Å²) < 4.78 is -2.39. The molecule has 0 fully saturated rings. The van der Waals surface area contributed by atoms with E-state index in [0.717, 1.165) is 0 Å². The first-order valence-corrected chi connectivity index (χ1v) is 10.9. The van der Waals surface area contributed by atoms with Gasteiger partial charge < -0.3 is 9.79 Å². The van der Waals surface area contributed by atoms with Crippen molar-refractivity contribution in [3.05, 3.63) is 0 Å². The summed E-state index contributed by atoms with van der Waals surface area (Å²) in [5, 5.41) is 0. The number of halogens is 3. The van der Waals surface area contributed by atoms with Gasteiger partial charge in [0.2, 0.25) is 9.79 Å². The SMILES string of the molecule is OP(O)(=S)S.S=P(Cl)(Cl)Cl. The molecular formula is H3Cl3O2P2S3. The molecule has 0 aliphatic carbocycles. The summed E-state index contributed by atoms with van der Waals surface area (Å²) in [4.78, 5) is 15.7. The third-order valence-corrected chi connectivity index (χ3v) is 0. The lowest BCUT2D eigenvalue weighted by Gasteiger charge is -1.88. The summed E-state index contributed by atoms with van der Waals surface area (Å²) in [6, 6.07) is 0. The molecule has 0 rings (SSSR count). The Morgan fingerprint density at radius 2 is 1.10 bits per heavy atom. The Bertz CT molecular complexity index is 132. The van der Waals surface area contributed by atoms with Crippen LogP contribution in [0.2, 0.25) is 0 Å². The molecule has 10 heavy (non-hydrogen) atoms. The summed E-state index contributed by atoms with van der Waals surface area (Å²) in [5.74, 6) is 0. The number of rotatable bonds is 0. The van der Waals surface area contributed by atoms with Gasteiger partial charge in [-0.15, -0.1) is 0 Å². The van der Waals surface area contributed by atoms with Crippen LogP contribution in [-0.2, 0) is 23.6 Å². The minimum Gasteiger partial charge on any atom is -0.338 e. The number of thiol groups is 1. The van der Waals surface area contributed by atoms with Crippen molar-refractivity contribution in [1.82, 2.24) is 0 Å². The Hall–Kier alpha value is 2.44. The normalized spacial score (nSPS) is 11.8. The lowest BCUT2D eigenvalue weighted by molar-refractivity contribution is 0.503. The molecular weight excluding hydrogens is 297 g/mol. The molecule has 2 nitrogen and oxygen atoms in total. The standard InChI is InChI=1S/Cl3PS.H3O2PS2/c1-4(2,3)5;1-3(2,4)5/h;(H3,1,2,4,5). The maximum absolute atomic E-state index is 7.87. The van der Waals surface area contributed by atoms with Gasteiger partial charge in [-0.3, -0.25) is 0 Å². The highest BCUT2D eigenvalue weighted by Gasteiger charge is 1.95. The molecule has 0 saturated heterocycles. The molecule has 64 valence electrons.